The fourth-order valence-electron chi connectivity index (χ4n) is 2.98. The minimum absolute atomic E-state index is 0.0799. The Morgan fingerprint density at radius 1 is 1.35 bits per heavy atom. The number of carboxylic acid groups (broad SMARTS) is 1. The summed E-state index contributed by atoms with van der Waals surface area (Å²) < 4.78 is 41.4. The van der Waals surface area contributed by atoms with Gasteiger partial charge in [-0.2, -0.15) is 18.3 Å². The number of rotatable bonds is 4. The van der Waals surface area contributed by atoms with Crippen LogP contribution in [-0.2, 0) is 24.3 Å². The molecule has 1 aliphatic heterocycles. The van der Waals surface area contributed by atoms with E-state index in [9.17, 15) is 18.0 Å². The lowest BCUT2D eigenvalue weighted by Gasteiger charge is -2.27. The average molecular weight is 457 g/mol. The molecular weight excluding hydrogens is 439 g/mol. The number of carboxylic acids is 1. The Morgan fingerprint density at radius 3 is 2.65 bits per heavy atom. The number of halogens is 3. The molecule has 0 saturated heterocycles. The predicted octanol–water partition coefficient (Wildman–Crippen LogP) is 2.22. The highest BCUT2D eigenvalue weighted by Crippen LogP contribution is 2.23. The first-order valence-electron chi connectivity index (χ1n) is 8.93. The van der Waals surface area contributed by atoms with Gasteiger partial charge in [-0.15, -0.1) is 0 Å². The normalized spacial score (nSPS) is 13.8. The van der Waals surface area contributed by atoms with Crippen LogP contribution in [0.2, 0.25) is 0 Å². The van der Waals surface area contributed by atoms with Crippen molar-refractivity contribution in [3.63, 3.8) is 0 Å². The molecule has 0 bridgehead atoms. The summed E-state index contributed by atoms with van der Waals surface area (Å²) >= 11 is 1.32. The number of nitrogens with zero attached hydrogens (tertiary/aromatic N) is 4. The number of fused-ring (bicyclic) bond motifs is 1. The summed E-state index contributed by atoms with van der Waals surface area (Å²) in [5, 5.41) is 12.4. The molecular formula is C18H18F3N5O4S. The highest BCUT2D eigenvalue weighted by Gasteiger charge is 2.38. The molecule has 0 fully saturated rings. The minimum atomic E-state index is -5.08. The number of hydrogen-bond donors (Lipinski definition) is 2. The standard InChI is InChI=1S/C16H17N5O2S.C2HF3O2/c1-23-15-3-2-11(7-17-15)9-20-5-4-13-12(10-20)8-18-21(13)16-6-14(22)19-24-16;3-2(4,5)1(6)7/h2-3,6-8H,4-5,9-10H2,1H3,(H,19,22);(H,6,7). The van der Waals surface area contributed by atoms with Crippen LogP contribution in [0.25, 0.3) is 5.00 Å². The van der Waals surface area contributed by atoms with Crippen molar-refractivity contribution in [2.75, 3.05) is 13.7 Å². The molecule has 31 heavy (non-hydrogen) atoms. The maximum Gasteiger partial charge on any atom is 0.490 e. The van der Waals surface area contributed by atoms with E-state index >= 15 is 0 Å². The number of nitrogens with one attached hydrogen (secondary N) is 1. The number of ether oxygens (including phenoxy) is 1. The number of methoxy groups -OCH3 is 1. The molecule has 0 unspecified atom stereocenters. The summed E-state index contributed by atoms with van der Waals surface area (Å²) in [7, 11) is 1.62. The van der Waals surface area contributed by atoms with E-state index in [0.29, 0.717) is 5.88 Å². The molecule has 0 amide bonds. The molecule has 2 N–H and O–H groups in total. The second-order valence-electron chi connectivity index (χ2n) is 6.55. The third-order valence-corrected chi connectivity index (χ3v) is 5.19. The van der Waals surface area contributed by atoms with E-state index in [2.05, 4.69) is 19.4 Å². The molecule has 3 aromatic rings. The molecule has 0 spiro atoms. The number of hydrogen-bond acceptors (Lipinski definition) is 7. The molecule has 4 heterocycles. The zero-order chi connectivity index (χ0) is 22.6. The van der Waals surface area contributed by atoms with Gasteiger partial charge in [-0.05, 0) is 17.1 Å². The van der Waals surface area contributed by atoms with E-state index in [0.717, 1.165) is 36.6 Å². The van der Waals surface area contributed by atoms with Crippen LogP contribution in [0.5, 0.6) is 5.88 Å². The van der Waals surface area contributed by atoms with Gasteiger partial charge in [0.05, 0.1) is 19.0 Å². The van der Waals surface area contributed by atoms with Gasteiger partial charge in [-0.25, -0.2) is 14.5 Å². The summed E-state index contributed by atoms with van der Waals surface area (Å²) in [6.07, 6.45) is -0.419. The van der Waals surface area contributed by atoms with Gasteiger partial charge in [-0.3, -0.25) is 14.1 Å². The SMILES string of the molecule is COc1ccc(CN2CCc3c(cnn3-c3cc(=O)[nH]s3)C2)cn1.O=C(O)C(F)(F)F. The van der Waals surface area contributed by atoms with Crippen molar-refractivity contribution < 1.29 is 27.8 Å². The largest absolute Gasteiger partial charge is 0.490 e. The molecule has 3 aromatic heterocycles. The van der Waals surface area contributed by atoms with Crippen molar-refractivity contribution in [3.05, 3.63) is 57.8 Å². The van der Waals surface area contributed by atoms with Crippen LogP contribution in [0.3, 0.4) is 0 Å². The van der Waals surface area contributed by atoms with Gasteiger partial charge >= 0.3 is 12.1 Å². The second kappa shape index (κ2) is 9.31. The quantitative estimate of drug-likeness (QED) is 0.618. The zero-order valence-electron chi connectivity index (χ0n) is 16.2. The summed E-state index contributed by atoms with van der Waals surface area (Å²) in [5.74, 6) is -2.13. The number of H-pyrrole nitrogens is 1. The third-order valence-electron chi connectivity index (χ3n) is 4.39. The molecule has 0 radical (unpaired) electrons. The first kappa shape index (κ1) is 22.5. The van der Waals surface area contributed by atoms with Crippen molar-refractivity contribution in [3.8, 4) is 10.9 Å². The van der Waals surface area contributed by atoms with Crippen LogP contribution in [0, 0.1) is 0 Å². The highest BCUT2D eigenvalue weighted by molar-refractivity contribution is 7.08. The Kier molecular flexibility index (Phi) is 6.75. The van der Waals surface area contributed by atoms with E-state index in [1.807, 2.05) is 29.2 Å². The van der Waals surface area contributed by atoms with Gasteiger partial charge in [0.15, 0.2) is 0 Å². The van der Waals surface area contributed by atoms with E-state index in [4.69, 9.17) is 14.6 Å². The lowest BCUT2D eigenvalue weighted by atomic mass is 10.1. The smallest absolute Gasteiger partial charge is 0.481 e. The number of aliphatic carboxylic acids is 1. The van der Waals surface area contributed by atoms with Crippen LogP contribution in [0.1, 0.15) is 16.8 Å². The number of aromatic amines is 1. The van der Waals surface area contributed by atoms with Crippen LogP contribution in [0.15, 0.2) is 35.4 Å². The number of carbonyl (C=O) groups is 1. The Bertz CT molecular complexity index is 1090. The average Bonchev–Trinajstić information content (AvgIpc) is 3.34. The van der Waals surface area contributed by atoms with Gasteiger partial charge < -0.3 is 9.84 Å². The second-order valence-corrected chi connectivity index (χ2v) is 7.38. The number of aromatic nitrogens is 4. The first-order chi connectivity index (χ1) is 14.7. The van der Waals surface area contributed by atoms with Crippen LogP contribution >= 0.6 is 11.5 Å². The Hall–Kier alpha value is -3.19. The fourth-order valence-corrected chi connectivity index (χ4v) is 3.65. The first-order valence-corrected chi connectivity index (χ1v) is 9.75. The van der Waals surface area contributed by atoms with Gasteiger partial charge in [0.2, 0.25) is 5.88 Å². The van der Waals surface area contributed by atoms with Crippen molar-refractivity contribution in [1.29, 1.82) is 0 Å². The van der Waals surface area contributed by atoms with Gasteiger partial charge in [0, 0.05) is 49.9 Å². The molecule has 1 aliphatic rings. The molecule has 0 aliphatic carbocycles. The lowest BCUT2D eigenvalue weighted by molar-refractivity contribution is -0.192. The topological polar surface area (TPSA) is 113 Å². The van der Waals surface area contributed by atoms with Gasteiger partial charge in [0.25, 0.3) is 5.56 Å². The van der Waals surface area contributed by atoms with Gasteiger partial charge in [0.1, 0.15) is 5.00 Å². The van der Waals surface area contributed by atoms with E-state index < -0.39 is 12.1 Å². The lowest BCUT2D eigenvalue weighted by Crippen LogP contribution is -2.30. The van der Waals surface area contributed by atoms with Gasteiger partial charge in [-0.1, -0.05) is 6.07 Å². The minimum Gasteiger partial charge on any atom is -0.481 e. The van der Waals surface area contributed by atoms with Crippen molar-refractivity contribution in [2.24, 2.45) is 0 Å². The van der Waals surface area contributed by atoms with Crippen molar-refractivity contribution in [2.45, 2.75) is 25.7 Å². The molecule has 0 saturated carbocycles. The van der Waals surface area contributed by atoms with Crippen LogP contribution < -0.4 is 10.3 Å². The maximum atomic E-state index is 11.3. The summed E-state index contributed by atoms with van der Waals surface area (Å²) in [6.45, 7) is 2.64. The summed E-state index contributed by atoms with van der Waals surface area (Å²) in [4.78, 5) is 26.9. The monoisotopic (exact) mass is 457 g/mol. The Morgan fingerprint density at radius 2 is 2.10 bits per heavy atom. The Balaban J connectivity index is 0.000000339. The molecule has 4 rings (SSSR count). The molecule has 9 nitrogen and oxygen atoms in total. The number of alkyl halides is 3. The maximum absolute atomic E-state index is 11.3. The van der Waals surface area contributed by atoms with Crippen molar-refractivity contribution >= 4 is 17.5 Å². The van der Waals surface area contributed by atoms with E-state index in [-0.39, 0.29) is 5.56 Å². The van der Waals surface area contributed by atoms with Crippen LogP contribution in [-0.4, -0.2) is 54.9 Å². The summed E-state index contributed by atoms with van der Waals surface area (Å²) in [5.41, 5.74) is 3.48. The zero-order valence-corrected chi connectivity index (χ0v) is 17.0. The molecule has 166 valence electrons. The molecule has 13 heteroatoms. The van der Waals surface area contributed by atoms with Crippen molar-refractivity contribution in [1.82, 2.24) is 24.0 Å². The Labute approximate surface area is 177 Å². The molecule has 0 atom stereocenters. The number of pyridine rings is 1. The van der Waals surface area contributed by atoms with Crippen LogP contribution in [0.4, 0.5) is 13.2 Å². The molecule has 0 aromatic carbocycles. The van der Waals surface area contributed by atoms with E-state index in [1.54, 1.807) is 13.2 Å². The third kappa shape index (κ3) is 5.70. The summed E-state index contributed by atoms with van der Waals surface area (Å²) in [6, 6.07) is 5.52. The fraction of sp³-hybridized carbons (Fsp3) is 0.333. The predicted molar refractivity (Wildman–Crippen MR) is 104 cm³/mol. The highest BCUT2D eigenvalue weighted by atomic mass is 32.1. The van der Waals surface area contributed by atoms with E-state index in [1.165, 1.54) is 22.8 Å².